The molecule has 0 saturated heterocycles. The quantitative estimate of drug-likeness (QED) is 0.435. The number of ether oxygens (including phenoxy) is 1. The number of rotatable bonds is 6. The van der Waals surface area contributed by atoms with Gasteiger partial charge in [0.15, 0.2) is 6.61 Å². The Hall–Kier alpha value is -3.98. The van der Waals surface area contributed by atoms with Gasteiger partial charge in [-0.25, -0.2) is 0 Å². The Morgan fingerprint density at radius 2 is 2.06 bits per heavy atom. The predicted octanol–water partition coefficient (Wildman–Crippen LogP) is 3.87. The van der Waals surface area contributed by atoms with Crippen LogP contribution >= 0.6 is 11.6 Å². The number of fused-ring (bicyclic) bond motifs is 1. The van der Waals surface area contributed by atoms with Crippen molar-refractivity contribution in [1.29, 1.82) is 0 Å². The molecule has 1 aliphatic rings. The number of hydrogen-bond donors (Lipinski definition) is 1. The first kappa shape index (κ1) is 22.8. The second kappa shape index (κ2) is 9.34. The summed E-state index contributed by atoms with van der Waals surface area (Å²) in [6.45, 7) is 4.38. The van der Waals surface area contributed by atoms with Crippen LogP contribution in [0.5, 0.6) is 5.75 Å². The van der Waals surface area contributed by atoms with Crippen molar-refractivity contribution in [3.8, 4) is 17.3 Å². The van der Waals surface area contributed by atoms with Crippen molar-refractivity contribution in [2.24, 2.45) is 0 Å². The largest absolute Gasteiger partial charge is 0.482 e. The molecule has 0 bridgehead atoms. The summed E-state index contributed by atoms with van der Waals surface area (Å²) >= 11 is 6.62. The number of carbonyl (C=O) groups excluding carboxylic acids is 1. The molecular formula is C25H22ClN5O4. The molecule has 0 spiro atoms. The second-order valence-electron chi connectivity index (χ2n) is 8.35. The van der Waals surface area contributed by atoms with E-state index in [1.165, 1.54) is 0 Å². The van der Waals surface area contributed by atoms with E-state index in [-0.39, 0.29) is 35.5 Å². The molecule has 1 N–H and O–H groups in total. The van der Waals surface area contributed by atoms with E-state index in [1.807, 2.05) is 32.0 Å². The van der Waals surface area contributed by atoms with Crippen molar-refractivity contribution in [1.82, 2.24) is 25.0 Å². The number of carbonyl (C=O) groups is 1. The Morgan fingerprint density at radius 1 is 1.20 bits per heavy atom. The summed E-state index contributed by atoms with van der Waals surface area (Å²) in [5.74, 6) is 0.702. The molecule has 35 heavy (non-hydrogen) atoms. The first-order chi connectivity index (χ1) is 16.9. The molecule has 0 atom stereocenters. The smallest absolute Gasteiger partial charge is 0.264 e. The average molecular weight is 492 g/mol. The van der Waals surface area contributed by atoms with Gasteiger partial charge in [0.25, 0.3) is 17.4 Å². The van der Waals surface area contributed by atoms with Crippen LogP contribution in [0.1, 0.15) is 38.6 Å². The Morgan fingerprint density at radius 3 is 2.83 bits per heavy atom. The van der Waals surface area contributed by atoms with Crippen LogP contribution in [0.2, 0.25) is 5.02 Å². The number of hydrogen-bond acceptors (Lipinski definition) is 7. The topological polar surface area (TPSA) is 114 Å². The third-order valence-electron chi connectivity index (χ3n) is 5.90. The molecule has 1 aromatic carbocycles. The van der Waals surface area contributed by atoms with E-state index < -0.39 is 0 Å². The zero-order valence-electron chi connectivity index (χ0n) is 19.2. The highest BCUT2D eigenvalue weighted by atomic mass is 35.5. The molecule has 5 rings (SSSR count). The lowest BCUT2D eigenvalue weighted by molar-refractivity contribution is 0.0725. The van der Waals surface area contributed by atoms with Crippen molar-refractivity contribution in [3.63, 3.8) is 0 Å². The Kier molecular flexibility index (Phi) is 6.08. The maximum Gasteiger partial charge on any atom is 0.264 e. The van der Waals surface area contributed by atoms with E-state index in [1.54, 1.807) is 29.3 Å². The van der Waals surface area contributed by atoms with Gasteiger partial charge in [-0.05, 0) is 55.7 Å². The lowest BCUT2D eigenvalue weighted by Crippen LogP contribution is -2.39. The summed E-state index contributed by atoms with van der Waals surface area (Å²) in [5.41, 5.74) is 3.82. The van der Waals surface area contributed by atoms with E-state index in [2.05, 4.69) is 20.1 Å². The number of nitrogens with zero attached hydrogens (tertiary/aromatic N) is 4. The maximum atomic E-state index is 13.3. The normalized spacial score (nSPS) is 13.1. The molecule has 0 unspecified atom stereocenters. The molecule has 0 saturated carbocycles. The van der Waals surface area contributed by atoms with Crippen LogP contribution in [0.3, 0.4) is 0 Å². The number of nitrogens with one attached hydrogen (secondary N) is 1. The van der Waals surface area contributed by atoms with Gasteiger partial charge in [-0.2, -0.15) is 4.98 Å². The molecule has 0 fully saturated rings. The third-order valence-corrected chi connectivity index (χ3v) is 6.28. The number of aryl methyl sites for hydroxylation is 2. The summed E-state index contributed by atoms with van der Waals surface area (Å²) in [6.07, 6.45) is 2.27. The Balaban J connectivity index is 1.34. The zero-order valence-corrected chi connectivity index (χ0v) is 19.9. The minimum Gasteiger partial charge on any atom is -0.482 e. The van der Waals surface area contributed by atoms with E-state index in [0.717, 1.165) is 16.8 Å². The van der Waals surface area contributed by atoms with Crippen molar-refractivity contribution in [2.45, 2.75) is 33.4 Å². The molecule has 1 amide bonds. The summed E-state index contributed by atoms with van der Waals surface area (Å²) < 4.78 is 11.1. The van der Waals surface area contributed by atoms with Gasteiger partial charge in [-0.1, -0.05) is 28.9 Å². The maximum absolute atomic E-state index is 13.3. The van der Waals surface area contributed by atoms with Crippen LogP contribution in [0, 0.1) is 13.8 Å². The number of halogens is 1. The fourth-order valence-electron chi connectivity index (χ4n) is 4.13. The van der Waals surface area contributed by atoms with E-state index in [0.29, 0.717) is 41.4 Å². The summed E-state index contributed by atoms with van der Waals surface area (Å²) in [5, 5.41) is 4.14. The highest BCUT2D eigenvalue weighted by Gasteiger charge is 2.29. The van der Waals surface area contributed by atoms with Crippen molar-refractivity contribution in [2.75, 3.05) is 6.54 Å². The fourth-order valence-corrected chi connectivity index (χ4v) is 4.45. The average Bonchev–Trinajstić information content (AvgIpc) is 3.32. The third kappa shape index (κ3) is 4.54. The summed E-state index contributed by atoms with van der Waals surface area (Å²) in [4.78, 5) is 38.7. The summed E-state index contributed by atoms with van der Waals surface area (Å²) in [6, 6.07) is 10.9. The molecule has 9 nitrogen and oxygen atoms in total. The molecule has 0 aliphatic carbocycles. The zero-order chi connectivity index (χ0) is 24.5. The minimum atomic E-state index is -0.240. The van der Waals surface area contributed by atoms with Gasteiger partial charge in [-0.3, -0.25) is 14.6 Å². The molecular weight excluding hydrogens is 470 g/mol. The molecule has 1 aliphatic heterocycles. The van der Waals surface area contributed by atoms with Gasteiger partial charge in [0.2, 0.25) is 5.82 Å². The van der Waals surface area contributed by atoms with Crippen LogP contribution in [0.4, 0.5) is 0 Å². The van der Waals surface area contributed by atoms with Crippen LogP contribution in [0.15, 0.2) is 51.9 Å². The standard InChI is InChI=1S/C25H22ClN5O4/c1-14-11-15(2)28-24(32)17(14)12-31-10-8-16-6-7-19(22(26)21(16)25(31)33)34-13-20-29-23(30-35-20)18-5-3-4-9-27-18/h3-7,9,11H,8,10,12-13H2,1-2H3,(H,28,32). The molecule has 0 radical (unpaired) electrons. The number of amides is 1. The number of H-pyrrole nitrogens is 1. The van der Waals surface area contributed by atoms with Crippen molar-refractivity contribution >= 4 is 17.5 Å². The Labute approximate surface area is 205 Å². The molecule has 4 aromatic rings. The van der Waals surface area contributed by atoms with E-state index in [4.69, 9.17) is 20.9 Å². The molecule has 178 valence electrons. The van der Waals surface area contributed by atoms with Gasteiger partial charge in [-0.15, -0.1) is 0 Å². The highest BCUT2D eigenvalue weighted by Crippen LogP contribution is 2.35. The second-order valence-corrected chi connectivity index (χ2v) is 8.72. The lowest BCUT2D eigenvalue weighted by Gasteiger charge is -2.30. The summed E-state index contributed by atoms with van der Waals surface area (Å²) in [7, 11) is 0. The number of benzene rings is 1. The minimum absolute atomic E-state index is 0.0197. The highest BCUT2D eigenvalue weighted by molar-refractivity contribution is 6.35. The van der Waals surface area contributed by atoms with Gasteiger partial charge >= 0.3 is 0 Å². The van der Waals surface area contributed by atoms with Crippen LogP contribution in [-0.2, 0) is 19.6 Å². The monoisotopic (exact) mass is 491 g/mol. The van der Waals surface area contributed by atoms with Gasteiger partial charge in [0.1, 0.15) is 11.4 Å². The van der Waals surface area contributed by atoms with Crippen LogP contribution < -0.4 is 10.3 Å². The molecule has 4 heterocycles. The van der Waals surface area contributed by atoms with Gasteiger partial charge < -0.3 is 19.1 Å². The number of aromatic amines is 1. The number of aromatic nitrogens is 4. The van der Waals surface area contributed by atoms with Gasteiger partial charge in [0.05, 0.1) is 17.1 Å². The number of pyridine rings is 2. The van der Waals surface area contributed by atoms with Crippen LogP contribution in [-0.4, -0.2) is 37.5 Å². The van der Waals surface area contributed by atoms with Crippen molar-refractivity contribution in [3.05, 3.63) is 91.8 Å². The van der Waals surface area contributed by atoms with Crippen molar-refractivity contribution < 1.29 is 14.1 Å². The Bertz CT molecular complexity index is 1460. The first-order valence-electron chi connectivity index (χ1n) is 11.1. The van der Waals surface area contributed by atoms with Gasteiger partial charge in [0, 0.05) is 24.0 Å². The molecule has 10 heteroatoms. The van der Waals surface area contributed by atoms with E-state index >= 15 is 0 Å². The lowest BCUT2D eigenvalue weighted by atomic mass is 9.97. The van der Waals surface area contributed by atoms with Crippen LogP contribution in [0.25, 0.3) is 11.5 Å². The van der Waals surface area contributed by atoms with E-state index in [9.17, 15) is 9.59 Å². The fraction of sp³-hybridized carbons (Fsp3) is 0.240. The predicted molar refractivity (Wildman–Crippen MR) is 128 cm³/mol. The SMILES string of the molecule is Cc1cc(C)c(CN2CCc3ccc(OCc4nc(-c5ccccn5)no4)c(Cl)c3C2=O)c(=O)[nH]1. The first-order valence-corrected chi connectivity index (χ1v) is 11.5. The molecule has 3 aromatic heterocycles.